The van der Waals surface area contributed by atoms with Gasteiger partial charge in [0.1, 0.15) is 6.04 Å². The molecule has 2 unspecified atom stereocenters. The summed E-state index contributed by atoms with van der Waals surface area (Å²) in [5.41, 5.74) is -0.469. The Morgan fingerprint density at radius 3 is 2.58 bits per heavy atom. The summed E-state index contributed by atoms with van der Waals surface area (Å²) < 4.78 is 4.70. The number of fused-ring (bicyclic) bond motifs is 1. The first-order valence-corrected chi connectivity index (χ1v) is 13.0. The van der Waals surface area contributed by atoms with Gasteiger partial charge in [-0.25, -0.2) is 0 Å². The van der Waals surface area contributed by atoms with Crippen molar-refractivity contribution in [2.45, 2.75) is 88.4 Å². The number of carbonyl (C=O) groups is 3. The number of rotatable bonds is 9. The van der Waals surface area contributed by atoms with E-state index in [0.717, 1.165) is 6.42 Å². The Morgan fingerprint density at radius 2 is 2.06 bits per heavy atom. The Balaban J connectivity index is 2.12. The van der Waals surface area contributed by atoms with Crippen molar-refractivity contribution in [2.24, 2.45) is 17.8 Å². The first-order valence-electron chi connectivity index (χ1n) is 12.1. The van der Waals surface area contributed by atoms with Crippen LogP contribution in [0.3, 0.4) is 0 Å². The molecule has 8 heteroatoms. The van der Waals surface area contributed by atoms with Gasteiger partial charge in [0.15, 0.2) is 0 Å². The van der Waals surface area contributed by atoms with Crippen molar-refractivity contribution >= 4 is 29.5 Å². The second-order valence-corrected chi connectivity index (χ2v) is 12.5. The summed E-state index contributed by atoms with van der Waals surface area (Å²) >= 11 is 1.63. The zero-order chi connectivity index (χ0) is 24.7. The quantitative estimate of drug-likeness (QED) is 0.403. The van der Waals surface area contributed by atoms with Crippen LogP contribution >= 0.6 is 11.8 Å². The minimum absolute atomic E-state index is 0.0179. The third-order valence-corrected chi connectivity index (χ3v) is 9.22. The third kappa shape index (κ3) is 4.33. The lowest BCUT2D eigenvalue weighted by molar-refractivity contribution is -0.154. The Hall–Kier alpha value is -1.54. The number of esters is 1. The third-order valence-electron chi connectivity index (χ3n) is 7.27. The summed E-state index contributed by atoms with van der Waals surface area (Å²) in [6.07, 6.45) is 3.77. The van der Waals surface area contributed by atoms with Crippen LogP contribution in [0.15, 0.2) is 12.7 Å². The molecule has 3 rings (SSSR count). The smallest absolute Gasteiger partial charge is 0.310 e. The molecule has 0 radical (unpaired) electrons. The molecule has 6 atom stereocenters. The second-order valence-electron chi connectivity index (χ2n) is 10.9. The normalized spacial score (nSPS) is 31.6. The van der Waals surface area contributed by atoms with Crippen LogP contribution in [0.1, 0.15) is 60.8 Å². The van der Waals surface area contributed by atoms with Gasteiger partial charge in [0, 0.05) is 17.3 Å². The van der Waals surface area contributed by atoms with Crippen LogP contribution in [0, 0.1) is 17.8 Å². The van der Waals surface area contributed by atoms with Gasteiger partial charge >= 0.3 is 5.97 Å². The van der Waals surface area contributed by atoms with E-state index in [2.05, 4.69) is 6.58 Å². The molecule has 33 heavy (non-hydrogen) atoms. The molecule has 1 spiro atoms. The lowest BCUT2D eigenvalue weighted by Crippen LogP contribution is -2.60. The van der Waals surface area contributed by atoms with Gasteiger partial charge in [0.2, 0.25) is 11.8 Å². The van der Waals surface area contributed by atoms with Gasteiger partial charge in [-0.05, 0) is 52.9 Å². The monoisotopic (exact) mass is 480 g/mol. The van der Waals surface area contributed by atoms with E-state index < -0.39 is 34.2 Å². The van der Waals surface area contributed by atoms with Crippen molar-refractivity contribution in [1.82, 2.24) is 9.80 Å². The van der Waals surface area contributed by atoms with E-state index in [1.165, 1.54) is 0 Å². The van der Waals surface area contributed by atoms with Crippen molar-refractivity contribution in [3.8, 4) is 0 Å². The summed E-state index contributed by atoms with van der Waals surface area (Å²) in [5, 5.41) is 10.3. The van der Waals surface area contributed by atoms with E-state index >= 15 is 0 Å². The number of aliphatic hydroxyl groups excluding tert-OH is 1. The van der Waals surface area contributed by atoms with Crippen molar-refractivity contribution < 1.29 is 24.2 Å². The molecular weight excluding hydrogens is 440 g/mol. The predicted octanol–water partition coefficient (Wildman–Crippen LogP) is 2.86. The second kappa shape index (κ2) is 9.61. The number of aliphatic hydroxyl groups is 1. The number of hydrogen-bond donors (Lipinski definition) is 1. The molecule has 7 nitrogen and oxygen atoms in total. The molecule has 0 aromatic heterocycles. The summed E-state index contributed by atoms with van der Waals surface area (Å²) in [6, 6.07) is -1.20. The molecule has 1 N–H and O–H groups in total. The van der Waals surface area contributed by atoms with Gasteiger partial charge in [-0.3, -0.25) is 14.4 Å². The highest BCUT2D eigenvalue weighted by atomic mass is 32.2. The first-order chi connectivity index (χ1) is 15.4. The predicted molar refractivity (Wildman–Crippen MR) is 130 cm³/mol. The molecule has 2 amide bonds. The van der Waals surface area contributed by atoms with E-state index in [0.29, 0.717) is 19.4 Å². The van der Waals surface area contributed by atoms with Crippen LogP contribution in [-0.4, -0.2) is 80.1 Å². The highest BCUT2D eigenvalue weighted by Crippen LogP contribution is 2.67. The molecule has 3 aliphatic heterocycles. The van der Waals surface area contributed by atoms with E-state index in [1.807, 2.05) is 34.6 Å². The van der Waals surface area contributed by atoms with Crippen LogP contribution in [0.5, 0.6) is 0 Å². The van der Waals surface area contributed by atoms with Gasteiger partial charge in [-0.2, -0.15) is 0 Å². The van der Waals surface area contributed by atoms with Crippen molar-refractivity contribution in [3.63, 3.8) is 0 Å². The number of amides is 2. The fourth-order valence-electron chi connectivity index (χ4n) is 6.06. The van der Waals surface area contributed by atoms with Crippen LogP contribution in [0.25, 0.3) is 0 Å². The zero-order valence-electron chi connectivity index (χ0n) is 20.9. The summed E-state index contributed by atoms with van der Waals surface area (Å²) in [6.45, 7) is 16.0. The van der Waals surface area contributed by atoms with E-state index in [-0.39, 0.29) is 42.2 Å². The zero-order valence-corrected chi connectivity index (χ0v) is 21.7. The van der Waals surface area contributed by atoms with Gasteiger partial charge < -0.3 is 19.6 Å². The van der Waals surface area contributed by atoms with Crippen LogP contribution in [0.2, 0.25) is 0 Å². The van der Waals surface area contributed by atoms with E-state index in [4.69, 9.17) is 4.74 Å². The average molecular weight is 481 g/mol. The Kier molecular flexibility index (Phi) is 7.59. The minimum Gasteiger partial charge on any atom is -0.466 e. The molecule has 0 aromatic rings. The largest absolute Gasteiger partial charge is 0.466 e. The fourth-order valence-corrected chi connectivity index (χ4v) is 8.25. The Morgan fingerprint density at radius 1 is 1.39 bits per heavy atom. The van der Waals surface area contributed by atoms with Gasteiger partial charge in [-0.1, -0.05) is 19.9 Å². The number of thioether (sulfide) groups is 1. The maximum Gasteiger partial charge on any atom is 0.310 e. The maximum absolute atomic E-state index is 14.2. The number of nitrogens with zero attached hydrogens (tertiary/aromatic N) is 2. The molecule has 3 fully saturated rings. The lowest BCUT2D eigenvalue weighted by atomic mass is 9.71. The molecule has 3 saturated heterocycles. The molecule has 0 saturated carbocycles. The number of likely N-dealkylation sites (tertiary alicyclic amines) is 1. The van der Waals surface area contributed by atoms with Gasteiger partial charge in [0.05, 0.1) is 35.8 Å². The first kappa shape index (κ1) is 26.1. The lowest BCUT2D eigenvalue weighted by Gasteiger charge is -2.43. The van der Waals surface area contributed by atoms with E-state index in [1.54, 1.807) is 34.6 Å². The average Bonchev–Trinajstić information content (AvgIpc) is 3.36. The summed E-state index contributed by atoms with van der Waals surface area (Å²) in [5.74, 6) is -1.56. The molecule has 3 heterocycles. The minimum atomic E-state index is -0.723. The molecule has 186 valence electrons. The number of hydrogen-bond acceptors (Lipinski definition) is 6. The van der Waals surface area contributed by atoms with Crippen LogP contribution in [-0.2, 0) is 19.1 Å². The number of carbonyl (C=O) groups excluding carboxylic acids is 3. The summed E-state index contributed by atoms with van der Waals surface area (Å²) in [4.78, 5) is 44.6. The Labute approximate surface area is 202 Å². The molecule has 0 aromatic carbocycles. The molecule has 0 aliphatic carbocycles. The molecule has 2 bridgehead atoms. The highest BCUT2D eigenvalue weighted by Gasteiger charge is 2.75. The van der Waals surface area contributed by atoms with Crippen LogP contribution < -0.4 is 0 Å². The van der Waals surface area contributed by atoms with Crippen molar-refractivity contribution in [2.75, 3.05) is 19.8 Å². The van der Waals surface area contributed by atoms with E-state index in [9.17, 15) is 19.5 Å². The van der Waals surface area contributed by atoms with Crippen molar-refractivity contribution in [3.05, 3.63) is 12.7 Å². The topological polar surface area (TPSA) is 87.2 Å². The van der Waals surface area contributed by atoms with Crippen molar-refractivity contribution in [1.29, 1.82) is 0 Å². The highest BCUT2D eigenvalue weighted by molar-refractivity contribution is 8.02. The standard InChI is InChI=1S/C25H40N2O5S/c1-8-12-26(24(5,6)7)22(30)20-25-11-10-17(33-25)18(23(31)32-9-2)19(25)21(29)27(20)16(14-28)13-15(3)4/h8,15-20,28H,1,9-14H2,2-7H3/t16-,17+,18-,19+,20?,25?/m1/s1. The van der Waals surface area contributed by atoms with Crippen LogP contribution in [0.4, 0.5) is 0 Å². The fraction of sp³-hybridized carbons (Fsp3) is 0.800. The Bertz CT molecular complexity index is 794. The van der Waals surface area contributed by atoms with Gasteiger partial charge in [-0.15, -0.1) is 18.3 Å². The summed E-state index contributed by atoms with van der Waals surface area (Å²) in [7, 11) is 0. The van der Waals surface area contributed by atoms with Gasteiger partial charge in [0.25, 0.3) is 0 Å². The molecule has 3 aliphatic rings. The number of ether oxygens (including phenoxy) is 1. The maximum atomic E-state index is 14.2. The SMILES string of the molecule is C=CCN(C(=O)C1N([C@@H](CO)CC(C)C)C(=O)[C@@H]2[C@H](C(=O)OCC)[C@@H]3CCC12S3)C(C)(C)C. The molecular formula is C25H40N2O5S.